The minimum atomic E-state index is -0.351. The monoisotopic (exact) mass is 430 g/mol. The van der Waals surface area contributed by atoms with Crippen LogP contribution in [-0.4, -0.2) is 27.6 Å². The van der Waals surface area contributed by atoms with E-state index in [1.165, 1.54) is 16.8 Å². The first-order valence-corrected chi connectivity index (χ1v) is 10.7. The number of nitrogens with zero attached hydrogens (tertiary/aromatic N) is 3. The van der Waals surface area contributed by atoms with Gasteiger partial charge in [0, 0.05) is 29.9 Å². The zero-order valence-corrected chi connectivity index (χ0v) is 18.5. The van der Waals surface area contributed by atoms with Crippen molar-refractivity contribution >= 4 is 23.2 Å². The van der Waals surface area contributed by atoms with Gasteiger partial charge in [0.1, 0.15) is 5.69 Å². The second kappa shape index (κ2) is 8.78. The van der Waals surface area contributed by atoms with Gasteiger partial charge in [-0.2, -0.15) is 5.10 Å². The summed E-state index contributed by atoms with van der Waals surface area (Å²) in [6.07, 6.45) is 0.848. The summed E-state index contributed by atoms with van der Waals surface area (Å²) in [6, 6.07) is 16.4. The lowest BCUT2D eigenvalue weighted by Gasteiger charge is -2.22. The molecule has 1 aliphatic heterocycles. The number of nitrogens with one attached hydrogen (secondary N) is 1. The van der Waals surface area contributed by atoms with Crippen LogP contribution >= 0.6 is 0 Å². The predicted molar refractivity (Wildman–Crippen MR) is 124 cm³/mol. The Morgan fingerprint density at radius 2 is 1.78 bits per heavy atom. The van der Waals surface area contributed by atoms with Crippen molar-refractivity contribution in [1.29, 1.82) is 0 Å². The van der Waals surface area contributed by atoms with E-state index >= 15 is 0 Å². The normalized spacial score (nSPS) is 14.8. The molecule has 2 heterocycles. The predicted octanol–water partition coefficient (Wildman–Crippen LogP) is 3.48. The van der Waals surface area contributed by atoms with Crippen LogP contribution < -0.4 is 15.8 Å². The van der Waals surface area contributed by atoms with Crippen LogP contribution in [0.15, 0.2) is 59.4 Å². The Labute approximate surface area is 186 Å². The van der Waals surface area contributed by atoms with E-state index in [4.69, 9.17) is 0 Å². The van der Waals surface area contributed by atoms with Crippen molar-refractivity contribution in [2.45, 2.75) is 46.2 Å². The van der Waals surface area contributed by atoms with E-state index in [9.17, 15) is 14.4 Å². The van der Waals surface area contributed by atoms with Gasteiger partial charge in [0.15, 0.2) is 0 Å². The molecule has 0 fully saturated rings. The first-order valence-electron chi connectivity index (χ1n) is 10.7. The molecule has 4 rings (SSSR count). The molecule has 0 aliphatic carbocycles. The van der Waals surface area contributed by atoms with Crippen molar-refractivity contribution in [3.63, 3.8) is 0 Å². The highest BCUT2D eigenvalue weighted by Crippen LogP contribution is 2.32. The fourth-order valence-electron chi connectivity index (χ4n) is 4.20. The Morgan fingerprint density at radius 3 is 2.53 bits per heavy atom. The summed E-state index contributed by atoms with van der Waals surface area (Å²) >= 11 is 0. The molecule has 0 spiro atoms. The highest BCUT2D eigenvalue weighted by molar-refractivity contribution is 6.06. The zero-order chi connectivity index (χ0) is 22.8. The minimum Gasteiger partial charge on any atom is -0.326 e. The molecule has 0 bridgehead atoms. The van der Waals surface area contributed by atoms with E-state index in [0.29, 0.717) is 0 Å². The smallest absolute Gasteiger partial charge is 0.278 e. The van der Waals surface area contributed by atoms with E-state index in [0.717, 1.165) is 34.5 Å². The van der Waals surface area contributed by atoms with Gasteiger partial charge in [-0.25, -0.2) is 4.68 Å². The van der Waals surface area contributed by atoms with Crippen LogP contribution in [0.5, 0.6) is 0 Å². The number of fused-ring (bicyclic) bond motifs is 1. The van der Waals surface area contributed by atoms with Crippen LogP contribution in [-0.2, 0) is 17.8 Å². The minimum absolute atomic E-state index is 0.00522. The van der Waals surface area contributed by atoms with Crippen LogP contribution in [0.25, 0.3) is 0 Å². The largest absolute Gasteiger partial charge is 0.326 e. The number of anilines is 2. The maximum atomic E-state index is 13.2. The Balaban J connectivity index is 1.48. The van der Waals surface area contributed by atoms with Crippen molar-refractivity contribution in [2.75, 3.05) is 10.2 Å². The molecule has 0 radical (unpaired) electrons. The summed E-state index contributed by atoms with van der Waals surface area (Å²) in [5.41, 5.74) is 4.66. The van der Waals surface area contributed by atoms with Crippen molar-refractivity contribution in [2.24, 2.45) is 0 Å². The molecular weight excluding hydrogens is 404 g/mol. The van der Waals surface area contributed by atoms with Gasteiger partial charge in [0.05, 0.1) is 6.54 Å². The number of rotatable bonds is 5. The second-order valence-electron chi connectivity index (χ2n) is 8.31. The van der Waals surface area contributed by atoms with Crippen molar-refractivity contribution in [3.05, 3.63) is 87.3 Å². The number of amides is 2. The van der Waals surface area contributed by atoms with Gasteiger partial charge in [0.2, 0.25) is 5.91 Å². The van der Waals surface area contributed by atoms with Crippen LogP contribution in [0.4, 0.5) is 11.4 Å². The van der Waals surface area contributed by atoms with E-state index in [2.05, 4.69) is 10.4 Å². The number of carbonyl (C=O) groups excluding carboxylic acids is 2. The third-order valence-corrected chi connectivity index (χ3v) is 5.57. The lowest BCUT2D eigenvalue weighted by Crippen LogP contribution is -2.37. The molecular formula is C25H26N4O3. The molecule has 164 valence electrons. The van der Waals surface area contributed by atoms with Crippen LogP contribution in [0.1, 0.15) is 40.5 Å². The fourth-order valence-corrected chi connectivity index (χ4v) is 4.20. The summed E-state index contributed by atoms with van der Waals surface area (Å²) in [4.78, 5) is 39.6. The average molecular weight is 431 g/mol. The second-order valence-corrected chi connectivity index (χ2v) is 8.31. The number of hydrogen-bond acceptors (Lipinski definition) is 4. The van der Waals surface area contributed by atoms with Gasteiger partial charge in [-0.05, 0) is 68.1 Å². The number of benzene rings is 2. The standard InChI is InChI=1S/C25H26N4O3/c1-16-12-17(2)14-20(13-16)26-23(30)10-11-28-24(31)9-8-21(27-28)25(32)29-18(3)15-19-6-4-5-7-22(19)29/h4-9,12-14,18H,10-11,15H2,1-3H3,(H,26,30). The van der Waals surface area contributed by atoms with Gasteiger partial charge in [0.25, 0.3) is 11.5 Å². The van der Waals surface area contributed by atoms with Crippen molar-refractivity contribution in [1.82, 2.24) is 9.78 Å². The lowest BCUT2D eigenvalue weighted by atomic mass is 10.1. The summed E-state index contributed by atoms with van der Waals surface area (Å²) in [5.74, 6) is -0.474. The van der Waals surface area contributed by atoms with Gasteiger partial charge in [-0.1, -0.05) is 24.3 Å². The Kier molecular flexibility index (Phi) is 5.90. The molecule has 1 aliphatic rings. The van der Waals surface area contributed by atoms with Crippen LogP contribution in [0.2, 0.25) is 0 Å². The van der Waals surface area contributed by atoms with E-state index < -0.39 is 0 Å². The molecule has 2 amide bonds. The van der Waals surface area contributed by atoms with Crippen molar-refractivity contribution < 1.29 is 9.59 Å². The topological polar surface area (TPSA) is 84.3 Å². The fraction of sp³-hybridized carbons (Fsp3) is 0.280. The average Bonchev–Trinajstić information content (AvgIpc) is 3.07. The molecule has 1 N–H and O–H groups in total. The van der Waals surface area contributed by atoms with Crippen LogP contribution in [0.3, 0.4) is 0 Å². The molecule has 7 heteroatoms. The highest BCUT2D eigenvalue weighted by atomic mass is 16.2. The van der Waals surface area contributed by atoms with E-state index in [1.54, 1.807) is 4.90 Å². The number of hydrogen-bond donors (Lipinski definition) is 1. The SMILES string of the molecule is Cc1cc(C)cc(NC(=O)CCn2nc(C(=O)N3c4ccccc4CC3C)ccc2=O)c1. The van der Waals surface area contributed by atoms with E-state index in [1.807, 2.05) is 63.2 Å². The Bertz CT molecular complexity index is 1230. The first-order chi connectivity index (χ1) is 15.3. The summed E-state index contributed by atoms with van der Waals surface area (Å²) < 4.78 is 1.18. The van der Waals surface area contributed by atoms with Gasteiger partial charge >= 0.3 is 0 Å². The Hall–Kier alpha value is -3.74. The van der Waals surface area contributed by atoms with Gasteiger partial charge in [-0.3, -0.25) is 14.4 Å². The third-order valence-electron chi connectivity index (χ3n) is 5.57. The summed E-state index contributed by atoms with van der Waals surface area (Å²) in [6.45, 7) is 6.01. The molecule has 1 aromatic heterocycles. The molecule has 0 saturated carbocycles. The van der Waals surface area contributed by atoms with Crippen molar-refractivity contribution in [3.8, 4) is 0 Å². The first kappa shape index (κ1) is 21.5. The van der Waals surface area contributed by atoms with E-state index in [-0.39, 0.29) is 42.1 Å². The van der Waals surface area contributed by atoms with Crippen LogP contribution in [0, 0.1) is 13.8 Å². The lowest BCUT2D eigenvalue weighted by molar-refractivity contribution is -0.116. The highest BCUT2D eigenvalue weighted by Gasteiger charge is 2.32. The molecule has 1 atom stereocenters. The molecule has 3 aromatic rings. The molecule has 0 saturated heterocycles. The summed E-state index contributed by atoms with van der Waals surface area (Å²) in [7, 11) is 0. The Morgan fingerprint density at radius 1 is 1.06 bits per heavy atom. The summed E-state index contributed by atoms with van der Waals surface area (Å²) in [5, 5.41) is 7.12. The number of aromatic nitrogens is 2. The molecule has 32 heavy (non-hydrogen) atoms. The number of aryl methyl sites for hydroxylation is 3. The molecule has 7 nitrogen and oxygen atoms in total. The quantitative estimate of drug-likeness (QED) is 0.672. The van der Waals surface area contributed by atoms with Gasteiger partial charge in [-0.15, -0.1) is 0 Å². The third kappa shape index (κ3) is 4.46. The number of carbonyl (C=O) groups is 2. The molecule has 2 aromatic carbocycles. The maximum absolute atomic E-state index is 13.2. The van der Waals surface area contributed by atoms with Gasteiger partial charge < -0.3 is 10.2 Å². The molecule has 1 unspecified atom stereocenters. The maximum Gasteiger partial charge on any atom is 0.278 e. The zero-order valence-electron chi connectivity index (χ0n) is 18.5. The number of para-hydroxylation sites is 1.